The van der Waals surface area contributed by atoms with Gasteiger partial charge >= 0.3 is 6.16 Å². The Morgan fingerprint density at radius 2 is 1.68 bits per heavy atom. The van der Waals surface area contributed by atoms with Gasteiger partial charge in [-0.3, -0.25) is 0 Å². The second kappa shape index (κ2) is 9.32. The Morgan fingerprint density at radius 1 is 0.912 bits per heavy atom. The number of para-hydroxylation sites is 1. The van der Waals surface area contributed by atoms with Crippen molar-refractivity contribution in [1.29, 1.82) is 0 Å². The first kappa shape index (κ1) is 21.6. The number of aromatic amines is 1. The third-order valence-corrected chi connectivity index (χ3v) is 6.00. The van der Waals surface area contributed by atoms with E-state index in [2.05, 4.69) is 48.3 Å². The Morgan fingerprint density at radius 3 is 2.53 bits per heavy atom. The molecule has 0 unspecified atom stereocenters. The van der Waals surface area contributed by atoms with Crippen LogP contribution in [0.1, 0.15) is 17.5 Å². The molecule has 1 aromatic heterocycles. The Kier molecular flexibility index (Phi) is 5.91. The number of H-pyrrole nitrogens is 1. The van der Waals surface area contributed by atoms with Crippen molar-refractivity contribution in [3.8, 4) is 22.8 Å². The van der Waals surface area contributed by atoms with Crippen LogP contribution in [0.3, 0.4) is 0 Å². The highest BCUT2D eigenvalue weighted by atomic mass is 16.7. The van der Waals surface area contributed by atoms with Gasteiger partial charge in [-0.1, -0.05) is 84.4 Å². The van der Waals surface area contributed by atoms with E-state index >= 15 is 0 Å². The second-order valence-corrected chi connectivity index (χ2v) is 8.33. The van der Waals surface area contributed by atoms with Crippen LogP contribution in [0.25, 0.3) is 32.8 Å². The lowest BCUT2D eigenvalue weighted by molar-refractivity contribution is 0.142. The first-order valence-corrected chi connectivity index (χ1v) is 11.3. The molecule has 5 aromatic rings. The lowest BCUT2D eigenvalue weighted by atomic mass is 9.99. The maximum Gasteiger partial charge on any atom is 0.512 e. The quantitative estimate of drug-likeness (QED) is 0.200. The lowest BCUT2D eigenvalue weighted by Crippen LogP contribution is -2.06. The number of benzene rings is 4. The highest BCUT2D eigenvalue weighted by Crippen LogP contribution is 2.36. The summed E-state index contributed by atoms with van der Waals surface area (Å²) in [5.74, 6) is 1.12. The van der Waals surface area contributed by atoms with Gasteiger partial charge in [0.05, 0.1) is 12.1 Å². The monoisotopic (exact) mass is 451 g/mol. The molecule has 0 amide bonds. The molecule has 4 aromatic carbocycles. The van der Waals surface area contributed by atoms with Crippen LogP contribution >= 0.6 is 0 Å². The van der Waals surface area contributed by atoms with E-state index in [0.29, 0.717) is 19.4 Å². The van der Waals surface area contributed by atoms with Gasteiger partial charge in [0.2, 0.25) is 5.88 Å². The van der Waals surface area contributed by atoms with Gasteiger partial charge in [-0.2, -0.15) is 0 Å². The van der Waals surface area contributed by atoms with Gasteiger partial charge in [-0.25, -0.2) is 4.79 Å². The zero-order valence-electron chi connectivity index (χ0n) is 18.9. The third kappa shape index (κ3) is 4.33. The fourth-order valence-corrected chi connectivity index (χ4v) is 4.48. The third-order valence-electron chi connectivity index (χ3n) is 6.00. The zero-order chi connectivity index (χ0) is 23.5. The first-order chi connectivity index (χ1) is 16.6. The predicted molar refractivity (Wildman–Crippen MR) is 135 cm³/mol. The van der Waals surface area contributed by atoms with Crippen LogP contribution < -0.4 is 9.47 Å². The molecule has 0 fully saturated rings. The molecule has 170 valence electrons. The Labute approximate surface area is 197 Å². The van der Waals surface area contributed by atoms with E-state index in [1.165, 1.54) is 0 Å². The minimum atomic E-state index is -1.34. The summed E-state index contributed by atoms with van der Waals surface area (Å²) in [6, 6.07) is 28.4. The molecule has 0 radical (unpaired) electrons. The summed E-state index contributed by atoms with van der Waals surface area (Å²) in [6.45, 7) is 2.56. The topological polar surface area (TPSA) is 71.6 Å². The van der Waals surface area contributed by atoms with E-state index in [9.17, 15) is 9.90 Å². The van der Waals surface area contributed by atoms with Crippen LogP contribution in [0.5, 0.6) is 11.6 Å². The molecule has 0 aliphatic heterocycles. The van der Waals surface area contributed by atoms with E-state index in [0.717, 1.165) is 49.7 Å². The number of aryl methyl sites for hydroxylation is 2. The number of hydrogen-bond donors (Lipinski definition) is 2. The van der Waals surface area contributed by atoms with Crippen molar-refractivity contribution >= 4 is 27.8 Å². The maximum absolute atomic E-state index is 11.4. The molecule has 0 atom stereocenters. The van der Waals surface area contributed by atoms with Crippen molar-refractivity contribution in [3.63, 3.8) is 0 Å². The molecule has 0 aliphatic carbocycles. The normalized spacial score (nSPS) is 11.1. The fraction of sp³-hybridized carbons (Fsp3) is 0.138. The SMILES string of the molecule is Cc1cccc(-c2cccc3c(CCCOc4cccc5ccccc45)c(OC(=O)O)[nH]c23)c1. The standard InChI is InChI=1S/C29H25NO4/c1-19-8-4-11-21(18-19)23-13-6-14-24-25(28(30-27(23)24)34-29(31)32)15-7-17-33-26-16-5-10-20-9-2-3-12-22(20)26/h2-6,8-14,16,18,30H,7,15,17H2,1H3,(H,31,32). The summed E-state index contributed by atoms with van der Waals surface area (Å²) in [7, 11) is 0. The van der Waals surface area contributed by atoms with Gasteiger partial charge in [-0.15, -0.1) is 0 Å². The Balaban J connectivity index is 1.41. The number of carboxylic acid groups (broad SMARTS) is 1. The molecule has 0 bridgehead atoms. The minimum absolute atomic E-state index is 0.271. The number of fused-ring (bicyclic) bond motifs is 2. The summed E-state index contributed by atoms with van der Waals surface area (Å²) < 4.78 is 11.2. The van der Waals surface area contributed by atoms with E-state index in [1.54, 1.807) is 0 Å². The molecule has 5 rings (SSSR count). The van der Waals surface area contributed by atoms with E-state index in [-0.39, 0.29) is 5.88 Å². The van der Waals surface area contributed by atoms with Crippen molar-refractivity contribution in [1.82, 2.24) is 4.98 Å². The van der Waals surface area contributed by atoms with Crippen molar-refractivity contribution < 1.29 is 19.4 Å². The van der Waals surface area contributed by atoms with Gasteiger partial charge in [0.25, 0.3) is 0 Å². The van der Waals surface area contributed by atoms with Crippen LogP contribution in [0, 0.1) is 6.92 Å². The molecule has 1 heterocycles. The Hall–Kier alpha value is -4.25. The summed E-state index contributed by atoms with van der Waals surface area (Å²) >= 11 is 0. The van der Waals surface area contributed by atoms with Crippen LogP contribution in [0.15, 0.2) is 84.9 Å². The van der Waals surface area contributed by atoms with Crippen molar-refractivity contribution in [2.24, 2.45) is 0 Å². The van der Waals surface area contributed by atoms with Gasteiger partial charge in [0.1, 0.15) is 5.75 Å². The molecular formula is C29H25NO4. The van der Waals surface area contributed by atoms with Crippen LogP contribution in [0.2, 0.25) is 0 Å². The van der Waals surface area contributed by atoms with E-state index in [4.69, 9.17) is 9.47 Å². The maximum atomic E-state index is 11.4. The number of rotatable bonds is 7. The molecule has 0 saturated heterocycles. The molecule has 0 aliphatic rings. The van der Waals surface area contributed by atoms with E-state index in [1.807, 2.05) is 48.5 Å². The number of carbonyl (C=O) groups is 1. The van der Waals surface area contributed by atoms with Crippen molar-refractivity contribution in [2.45, 2.75) is 19.8 Å². The molecule has 5 heteroatoms. The fourth-order valence-electron chi connectivity index (χ4n) is 4.48. The van der Waals surface area contributed by atoms with Crippen LogP contribution in [-0.2, 0) is 6.42 Å². The number of nitrogens with one attached hydrogen (secondary N) is 1. The van der Waals surface area contributed by atoms with Crippen molar-refractivity contribution in [2.75, 3.05) is 6.61 Å². The number of hydrogen-bond acceptors (Lipinski definition) is 3. The number of aromatic nitrogens is 1. The van der Waals surface area contributed by atoms with Gasteiger partial charge in [0, 0.05) is 21.9 Å². The smallest absolute Gasteiger partial charge is 0.493 e. The summed E-state index contributed by atoms with van der Waals surface area (Å²) in [5, 5.41) is 12.5. The molecule has 0 saturated carbocycles. The van der Waals surface area contributed by atoms with Crippen molar-refractivity contribution in [3.05, 3.63) is 96.1 Å². The van der Waals surface area contributed by atoms with Gasteiger partial charge in [-0.05, 0) is 36.8 Å². The summed E-state index contributed by atoms with van der Waals surface area (Å²) in [6.07, 6.45) is -0.0113. The Bertz CT molecular complexity index is 1480. The molecule has 34 heavy (non-hydrogen) atoms. The molecule has 0 spiro atoms. The summed E-state index contributed by atoms with van der Waals surface area (Å²) in [4.78, 5) is 14.6. The average molecular weight is 452 g/mol. The minimum Gasteiger partial charge on any atom is -0.493 e. The highest BCUT2D eigenvalue weighted by molar-refractivity contribution is 5.98. The highest BCUT2D eigenvalue weighted by Gasteiger charge is 2.18. The average Bonchev–Trinajstić information content (AvgIpc) is 3.18. The molecule has 5 nitrogen and oxygen atoms in total. The zero-order valence-corrected chi connectivity index (χ0v) is 18.9. The lowest BCUT2D eigenvalue weighted by Gasteiger charge is -2.10. The van der Waals surface area contributed by atoms with Crippen LogP contribution in [-0.4, -0.2) is 22.9 Å². The van der Waals surface area contributed by atoms with E-state index < -0.39 is 6.16 Å². The molecular weight excluding hydrogens is 426 g/mol. The van der Waals surface area contributed by atoms with Crippen LogP contribution in [0.4, 0.5) is 4.79 Å². The molecule has 2 N–H and O–H groups in total. The largest absolute Gasteiger partial charge is 0.512 e. The number of ether oxygens (including phenoxy) is 2. The summed E-state index contributed by atoms with van der Waals surface area (Å²) in [5.41, 5.74) is 4.95. The van der Waals surface area contributed by atoms with Gasteiger partial charge < -0.3 is 19.6 Å². The van der Waals surface area contributed by atoms with Gasteiger partial charge in [0.15, 0.2) is 0 Å². The second-order valence-electron chi connectivity index (χ2n) is 8.33. The first-order valence-electron chi connectivity index (χ1n) is 11.3. The predicted octanol–water partition coefficient (Wildman–Crippen LogP) is 7.36.